The molecule has 1 aromatic carbocycles. The SMILES string of the molecule is N#Cc1ccc(-c2cccc3cccnc23)cn1. The number of fused-ring (bicyclic) bond motifs is 1. The van der Waals surface area contributed by atoms with Gasteiger partial charge in [0.15, 0.2) is 0 Å². The van der Waals surface area contributed by atoms with E-state index in [-0.39, 0.29) is 0 Å². The average Bonchev–Trinajstić information content (AvgIpc) is 2.47. The molecule has 0 aliphatic heterocycles. The molecule has 0 fully saturated rings. The standard InChI is InChI=1S/C15H9N3/c16-9-13-7-6-12(10-18-13)14-5-1-3-11-4-2-8-17-15(11)14/h1-8,10H. The fourth-order valence-corrected chi connectivity index (χ4v) is 1.96. The lowest BCUT2D eigenvalue weighted by atomic mass is 10.0. The zero-order valence-electron chi connectivity index (χ0n) is 9.54. The molecule has 18 heavy (non-hydrogen) atoms. The molecule has 2 aromatic heterocycles. The number of nitriles is 1. The van der Waals surface area contributed by atoms with Gasteiger partial charge in [-0.05, 0) is 18.2 Å². The Hall–Kier alpha value is -2.73. The van der Waals surface area contributed by atoms with Crippen molar-refractivity contribution in [1.29, 1.82) is 5.26 Å². The molecule has 0 aliphatic rings. The van der Waals surface area contributed by atoms with E-state index < -0.39 is 0 Å². The average molecular weight is 231 g/mol. The molecule has 84 valence electrons. The van der Waals surface area contributed by atoms with E-state index in [0.29, 0.717) is 5.69 Å². The molecule has 0 aliphatic carbocycles. The maximum Gasteiger partial charge on any atom is 0.140 e. The number of rotatable bonds is 1. The van der Waals surface area contributed by atoms with Gasteiger partial charge in [-0.15, -0.1) is 0 Å². The topological polar surface area (TPSA) is 49.6 Å². The minimum absolute atomic E-state index is 0.423. The molecule has 3 heteroatoms. The molecule has 0 amide bonds. The molecule has 3 nitrogen and oxygen atoms in total. The van der Waals surface area contributed by atoms with Crippen LogP contribution in [0.1, 0.15) is 5.69 Å². The lowest BCUT2D eigenvalue weighted by Crippen LogP contribution is -1.87. The van der Waals surface area contributed by atoms with Crippen LogP contribution in [0.15, 0.2) is 54.9 Å². The quantitative estimate of drug-likeness (QED) is 0.646. The molecular formula is C15H9N3. The van der Waals surface area contributed by atoms with Gasteiger partial charge in [-0.1, -0.05) is 24.3 Å². The van der Waals surface area contributed by atoms with Crippen LogP contribution < -0.4 is 0 Å². The number of aromatic nitrogens is 2. The predicted octanol–water partition coefficient (Wildman–Crippen LogP) is 3.17. The summed E-state index contributed by atoms with van der Waals surface area (Å²) in [4.78, 5) is 8.50. The Labute approximate surface area is 104 Å². The van der Waals surface area contributed by atoms with E-state index in [1.807, 2.05) is 42.5 Å². The maximum absolute atomic E-state index is 8.75. The first kappa shape index (κ1) is 10.4. The van der Waals surface area contributed by atoms with Crippen molar-refractivity contribution in [3.05, 3.63) is 60.6 Å². The second kappa shape index (κ2) is 4.27. The Bertz CT molecular complexity index is 734. The minimum atomic E-state index is 0.423. The van der Waals surface area contributed by atoms with Crippen LogP contribution in [-0.2, 0) is 0 Å². The second-order valence-corrected chi connectivity index (χ2v) is 3.92. The van der Waals surface area contributed by atoms with E-state index in [2.05, 4.69) is 9.97 Å². The van der Waals surface area contributed by atoms with Crippen molar-refractivity contribution in [3.8, 4) is 17.2 Å². The second-order valence-electron chi connectivity index (χ2n) is 3.92. The fraction of sp³-hybridized carbons (Fsp3) is 0. The zero-order valence-corrected chi connectivity index (χ0v) is 9.54. The van der Waals surface area contributed by atoms with Crippen molar-refractivity contribution in [3.63, 3.8) is 0 Å². The van der Waals surface area contributed by atoms with Gasteiger partial charge in [0.05, 0.1) is 5.52 Å². The first-order chi connectivity index (χ1) is 8.88. The summed E-state index contributed by atoms with van der Waals surface area (Å²) in [6.07, 6.45) is 3.49. The lowest BCUT2D eigenvalue weighted by molar-refractivity contribution is 1.26. The summed E-state index contributed by atoms with van der Waals surface area (Å²) in [5.41, 5.74) is 3.38. The third-order valence-electron chi connectivity index (χ3n) is 2.82. The highest BCUT2D eigenvalue weighted by molar-refractivity contribution is 5.93. The van der Waals surface area contributed by atoms with Crippen LogP contribution >= 0.6 is 0 Å². The van der Waals surface area contributed by atoms with Crippen molar-refractivity contribution >= 4 is 10.9 Å². The Kier molecular flexibility index (Phi) is 2.47. The zero-order chi connectivity index (χ0) is 12.4. The molecule has 0 N–H and O–H groups in total. The fourth-order valence-electron chi connectivity index (χ4n) is 1.96. The maximum atomic E-state index is 8.75. The summed E-state index contributed by atoms with van der Waals surface area (Å²) in [5.74, 6) is 0. The normalized spacial score (nSPS) is 10.2. The van der Waals surface area contributed by atoms with Crippen LogP contribution in [0.4, 0.5) is 0 Å². The van der Waals surface area contributed by atoms with Crippen LogP contribution in [-0.4, -0.2) is 9.97 Å². The Morgan fingerprint density at radius 2 is 1.83 bits per heavy atom. The van der Waals surface area contributed by atoms with Crippen LogP contribution in [0, 0.1) is 11.3 Å². The van der Waals surface area contributed by atoms with Gasteiger partial charge in [-0.25, -0.2) is 4.98 Å². The van der Waals surface area contributed by atoms with E-state index in [4.69, 9.17) is 5.26 Å². The first-order valence-corrected chi connectivity index (χ1v) is 5.59. The van der Waals surface area contributed by atoms with Crippen LogP contribution in [0.2, 0.25) is 0 Å². The van der Waals surface area contributed by atoms with Crippen molar-refractivity contribution in [1.82, 2.24) is 9.97 Å². The largest absolute Gasteiger partial charge is 0.256 e. The van der Waals surface area contributed by atoms with Crippen LogP contribution in [0.25, 0.3) is 22.0 Å². The molecule has 3 rings (SSSR count). The number of hydrogen-bond donors (Lipinski definition) is 0. The summed E-state index contributed by atoms with van der Waals surface area (Å²) < 4.78 is 0. The van der Waals surface area contributed by atoms with E-state index in [9.17, 15) is 0 Å². The van der Waals surface area contributed by atoms with Crippen molar-refractivity contribution in [2.45, 2.75) is 0 Å². The van der Waals surface area contributed by atoms with Gasteiger partial charge >= 0.3 is 0 Å². The Balaban J connectivity index is 2.22. The lowest BCUT2D eigenvalue weighted by Gasteiger charge is -2.05. The van der Waals surface area contributed by atoms with Gasteiger partial charge in [0.1, 0.15) is 11.8 Å². The highest BCUT2D eigenvalue weighted by Crippen LogP contribution is 2.26. The van der Waals surface area contributed by atoms with E-state index >= 15 is 0 Å². The summed E-state index contributed by atoms with van der Waals surface area (Å²) in [6.45, 7) is 0. The summed E-state index contributed by atoms with van der Waals surface area (Å²) >= 11 is 0. The van der Waals surface area contributed by atoms with Gasteiger partial charge in [-0.3, -0.25) is 4.98 Å². The molecule has 0 atom stereocenters. The van der Waals surface area contributed by atoms with Gasteiger partial charge in [-0.2, -0.15) is 5.26 Å². The van der Waals surface area contributed by atoms with Gasteiger partial charge < -0.3 is 0 Å². The van der Waals surface area contributed by atoms with Gasteiger partial charge in [0, 0.05) is 28.9 Å². The van der Waals surface area contributed by atoms with Crippen LogP contribution in [0.5, 0.6) is 0 Å². The number of para-hydroxylation sites is 1. The van der Waals surface area contributed by atoms with E-state index in [0.717, 1.165) is 22.0 Å². The number of nitrogens with zero attached hydrogens (tertiary/aromatic N) is 3. The molecule has 0 unspecified atom stereocenters. The van der Waals surface area contributed by atoms with Gasteiger partial charge in [0.25, 0.3) is 0 Å². The molecule has 0 spiro atoms. The molecule has 2 heterocycles. The molecular weight excluding hydrogens is 222 g/mol. The Morgan fingerprint density at radius 3 is 2.61 bits per heavy atom. The number of hydrogen-bond acceptors (Lipinski definition) is 3. The molecule has 0 bridgehead atoms. The molecule has 0 radical (unpaired) electrons. The monoisotopic (exact) mass is 231 g/mol. The number of benzene rings is 1. The third-order valence-corrected chi connectivity index (χ3v) is 2.82. The summed E-state index contributed by atoms with van der Waals surface area (Å²) in [5, 5.41) is 9.84. The van der Waals surface area contributed by atoms with Crippen molar-refractivity contribution in [2.75, 3.05) is 0 Å². The van der Waals surface area contributed by atoms with Crippen LogP contribution in [0.3, 0.4) is 0 Å². The summed E-state index contributed by atoms with van der Waals surface area (Å²) in [6, 6.07) is 15.6. The molecule has 0 saturated heterocycles. The highest BCUT2D eigenvalue weighted by Gasteiger charge is 2.04. The Morgan fingerprint density at radius 1 is 0.944 bits per heavy atom. The minimum Gasteiger partial charge on any atom is -0.256 e. The van der Waals surface area contributed by atoms with Gasteiger partial charge in [0.2, 0.25) is 0 Å². The highest BCUT2D eigenvalue weighted by atomic mass is 14.7. The van der Waals surface area contributed by atoms with Crippen molar-refractivity contribution in [2.24, 2.45) is 0 Å². The summed E-state index contributed by atoms with van der Waals surface area (Å²) in [7, 11) is 0. The molecule has 0 saturated carbocycles. The molecule has 3 aromatic rings. The third kappa shape index (κ3) is 1.70. The van der Waals surface area contributed by atoms with E-state index in [1.165, 1.54) is 0 Å². The van der Waals surface area contributed by atoms with E-state index in [1.54, 1.807) is 18.5 Å². The predicted molar refractivity (Wildman–Crippen MR) is 69.7 cm³/mol. The van der Waals surface area contributed by atoms with Crippen molar-refractivity contribution < 1.29 is 0 Å². The smallest absolute Gasteiger partial charge is 0.140 e. The first-order valence-electron chi connectivity index (χ1n) is 5.59. The number of pyridine rings is 2.